The van der Waals surface area contributed by atoms with Gasteiger partial charge in [-0.2, -0.15) is 0 Å². The van der Waals surface area contributed by atoms with E-state index in [1.165, 1.54) is 5.56 Å². The molecule has 130 valence electrons. The quantitative estimate of drug-likeness (QED) is 0.574. The summed E-state index contributed by atoms with van der Waals surface area (Å²) in [5, 5.41) is 9.69. The van der Waals surface area contributed by atoms with Crippen LogP contribution in [0.5, 0.6) is 5.75 Å². The zero-order valence-electron chi connectivity index (χ0n) is 14.4. The Hall–Kier alpha value is -2.31. The first-order valence-electron chi connectivity index (χ1n) is 8.05. The second-order valence-corrected chi connectivity index (χ2v) is 6.40. The lowest BCUT2D eigenvalue weighted by molar-refractivity contribution is 0.185. The number of methoxy groups -OCH3 is 2. The molecule has 0 saturated heterocycles. The monoisotopic (exact) mass is 355 g/mol. The smallest absolute Gasteiger partial charge is 0.191 e. The zero-order valence-corrected chi connectivity index (χ0v) is 15.2. The average molecular weight is 355 g/mol. The summed E-state index contributed by atoms with van der Waals surface area (Å²) in [7, 11) is 3.36. The largest absolute Gasteiger partial charge is 0.497 e. The Morgan fingerprint density at radius 1 is 0.960 bits per heavy atom. The number of rotatable bonds is 8. The first-order chi connectivity index (χ1) is 12.3. The Bertz CT molecular complexity index is 788. The topological polar surface area (TPSA) is 49.2 Å². The molecule has 0 radical (unpaired) electrons. The number of hydrogen-bond acceptors (Lipinski definition) is 5. The summed E-state index contributed by atoms with van der Waals surface area (Å²) in [6.45, 7) is 1.32. The number of nitrogens with zero attached hydrogens (tertiary/aromatic N) is 3. The Morgan fingerprint density at radius 2 is 1.72 bits per heavy atom. The van der Waals surface area contributed by atoms with E-state index in [-0.39, 0.29) is 0 Å². The van der Waals surface area contributed by atoms with E-state index in [0.29, 0.717) is 13.2 Å². The van der Waals surface area contributed by atoms with Crippen LogP contribution in [0.4, 0.5) is 0 Å². The summed E-state index contributed by atoms with van der Waals surface area (Å²) in [4.78, 5) is 0. The van der Waals surface area contributed by atoms with Gasteiger partial charge in [0.15, 0.2) is 11.0 Å². The highest BCUT2D eigenvalue weighted by Crippen LogP contribution is 2.27. The molecule has 0 aliphatic heterocycles. The maximum absolute atomic E-state index is 5.25. The van der Waals surface area contributed by atoms with Crippen LogP contribution < -0.4 is 4.74 Å². The molecule has 0 aliphatic carbocycles. The minimum Gasteiger partial charge on any atom is -0.497 e. The lowest BCUT2D eigenvalue weighted by Gasteiger charge is -2.10. The van der Waals surface area contributed by atoms with Crippen molar-refractivity contribution in [2.75, 3.05) is 20.8 Å². The molecule has 0 spiro atoms. The van der Waals surface area contributed by atoms with Crippen LogP contribution in [0.1, 0.15) is 5.56 Å². The first-order valence-corrected chi connectivity index (χ1v) is 9.03. The minimum absolute atomic E-state index is 0.611. The predicted octanol–water partition coefficient (Wildman–Crippen LogP) is 3.89. The molecular formula is C19H21N3O2S. The van der Waals surface area contributed by atoms with E-state index in [1.807, 2.05) is 42.5 Å². The third kappa shape index (κ3) is 4.41. The second kappa shape index (κ2) is 8.69. The van der Waals surface area contributed by atoms with Crippen molar-refractivity contribution in [3.05, 3.63) is 60.2 Å². The van der Waals surface area contributed by atoms with Gasteiger partial charge < -0.3 is 9.47 Å². The standard InChI is InChI=1S/C19H21N3O2S/c1-23-13-12-22-18(16-8-10-17(24-2)11-9-16)20-21-19(22)25-14-15-6-4-3-5-7-15/h3-11H,12-14H2,1-2H3. The van der Waals surface area contributed by atoms with Gasteiger partial charge in [-0.3, -0.25) is 4.57 Å². The van der Waals surface area contributed by atoms with Crippen molar-refractivity contribution in [3.63, 3.8) is 0 Å². The van der Waals surface area contributed by atoms with Crippen molar-refractivity contribution in [2.45, 2.75) is 17.5 Å². The van der Waals surface area contributed by atoms with Crippen LogP contribution in [0.3, 0.4) is 0 Å². The second-order valence-electron chi connectivity index (χ2n) is 5.45. The molecule has 1 heterocycles. The number of hydrogen-bond donors (Lipinski definition) is 0. The molecular weight excluding hydrogens is 334 g/mol. The van der Waals surface area contributed by atoms with Crippen molar-refractivity contribution in [1.29, 1.82) is 0 Å². The molecule has 0 aliphatic rings. The molecule has 0 saturated carbocycles. The molecule has 0 N–H and O–H groups in total. The molecule has 3 rings (SSSR count). The van der Waals surface area contributed by atoms with Crippen molar-refractivity contribution >= 4 is 11.8 Å². The number of ether oxygens (including phenoxy) is 2. The maximum Gasteiger partial charge on any atom is 0.191 e. The number of aromatic nitrogens is 3. The molecule has 1 aromatic heterocycles. The molecule has 0 atom stereocenters. The fourth-order valence-corrected chi connectivity index (χ4v) is 3.38. The van der Waals surface area contributed by atoms with Crippen molar-refractivity contribution in [1.82, 2.24) is 14.8 Å². The van der Waals surface area contributed by atoms with E-state index < -0.39 is 0 Å². The Kier molecular flexibility index (Phi) is 6.09. The van der Waals surface area contributed by atoms with Gasteiger partial charge in [0.05, 0.1) is 20.3 Å². The normalized spacial score (nSPS) is 10.8. The molecule has 6 heteroatoms. The fourth-order valence-electron chi connectivity index (χ4n) is 2.46. The van der Waals surface area contributed by atoms with Gasteiger partial charge in [0.2, 0.25) is 0 Å². The van der Waals surface area contributed by atoms with Crippen molar-refractivity contribution in [3.8, 4) is 17.1 Å². The van der Waals surface area contributed by atoms with Crippen LogP contribution in [-0.2, 0) is 17.0 Å². The molecule has 0 bridgehead atoms. The molecule has 25 heavy (non-hydrogen) atoms. The average Bonchev–Trinajstić information content (AvgIpc) is 3.08. The van der Waals surface area contributed by atoms with E-state index in [4.69, 9.17) is 9.47 Å². The highest BCUT2D eigenvalue weighted by Gasteiger charge is 2.14. The Labute approximate surface area is 152 Å². The van der Waals surface area contributed by atoms with Crippen LogP contribution >= 0.6 is 11.8 Å². The van der Waals surface area contributed by atoms with Gasteiger partial charge in [-0.15, -0.1) is 10.2 Å². The zero-order chi connectivity index (χ0) is 17.5. The van der Waals surface area contributed by atoms with Gasteiger partial charge >= 0.3 is 0 Å². The van der Waals surface area contributed by atoms with Crippen LogP contribution in [0.25, 0.3) is 11.4 Å². The summed E-state index contributed by atoms with van der Waals surface area (Å²) in [6.07, 6.45) is 0. The van der Waals surface area contributed by atoms with Crippen LogP contribution in [0.2, 0.25) is 0 Å². The predicted molar refractivity (Wildman–Crippen MR) is 99.9 cm³/mol. The minimum atomic E-state index is 0.611. The third-order valence-electron chi connectivity index (χ3n) is 3.79. The van der Waals surface area contributed by atoms with Crippen LogP contribution in [0.15, 0.2) is 59.8 Å². The molecule has 5 nitrogen and oxygen atoms in total. The van der Waals surface area contributed by atoms with Crippen molar-refractivity contribution in [2.24, 2.45) is 0 Å². The molecule has 3 aromatic rings. The van der Waals surface area contributed by atoms with Crippen LogP contribution in [-0.4, -0.2) is 35.6 Å². The lowest BCUT2D eigenvalue weighted by atomic mass is 10.2. The summed E-state index contributed by atoms with van der Waals surface area (Å²) >= 11 is 1.68. The van der Waals surface area contributed by atoms with Gasteiger partial charge in [-0.25, -0.2) is 0 Å². The number of thioether (sulfide) groups is 1. The summed E-state index contributed by atoms with van der Waals surface area (Å²) in [5.41, 5.74) is 2.27. The number of benzene rings is 2. The molecule has 0 unspecified atom stereocenters. The Morgan fingerprint density at radius 3 is 2.40 bits per heavy atom. The summed E-state index contributed by atoms with van der Waals surface area (Å²) < 4.78 is 12.6. The molecule has 2 aromatic carbocycles. The third-order valence-corrected chi connectivity index (χ3v) is 4.83. The van der Waals surface area contributed by atoms with Gasteiger partial charge in [-0.05, 0) is 29.8 Å². The lowest BCUT2D eigenvalue weighted by Crippen LogP contribution is -2.07. The van der Waals surface area contributed by atoms with E-state index >= 15 is 0 Å². The maximum atomic E-state index is 5.25. The van der Waals surface area contributed by atoms with Crippen molar-refractivity contribution < 1.29 is 9.47 Å². The first kappa shape index (κ1) is 17.5. The van der Waals surface area contributed by atoms with Gasteiger partial charge in [0.25, 0.3) is 0 Å². The van der Waals surface area contributed by atoms with E-state index in [9.17, 15) is 0 Å². The SMILES string of the molecule is COCCn1c(SCc2ccccc2)nnc1-c1ccc(OC)cc1. The highest BCUT2D eigenvalue weighted by atomic mass is 32.2. The van der Waals surface area contributed by atoms with E-state index in [1.54, 1.807) is 26.0 Å². The van der Waals surface area contributed by atoms with E-state index in [0.717, 1.165) is 28.0 Å². The van der Waals surface area contributed by atoms with E-state index in [2.05, 4.69) is 26.9 Å². The fraction of sp³-hybridized carbons (Fsp3) is 0.263. The molecule has 0 fully saturated rings. The highest BCUT2D eigenvalue weighted by molar-refractivity contribution is 7.98. The van der Waals surface area contributed by atoms with Crippen LogP contribution in [0, 0.1) is 0 Å². The summed E-state index contributed by atoms with van der Waals surface area (Å²) in [5.74, 6) is 2.52. The Balaban J connectivity index is 1.83. The molecule has 0 amide bonds. The van der Waals surface area contributed by atoms with Gasteiger partial charge in [0.1, 0.15) is 5.75 Å². The van der Waals surface area contributed by atoms with Gasteiger partial charge in [-0.1, -0.05) is 42.1 Å². The summed E-state index contributed by atoms with van der Waals surface area (Å²) in [6, 6.07) is 18.2. The van der Waals surface area contributed by atoms with Gasteiger partial charge in [0, 0.05) is 18.4 Å².